The highest BCUT2D eigenvalue weighted by molar-refractivity contribution is 9.10. The molecule has 0 aliphatic rings. The number of benzene rings is 2. The number of nitrogens with one attached hydrogen (secondary N) is 3. The van der Waals surface area contributed by atoms with E-state index in [1.807, 2.05) is 48.5 Å². The van der Waals surface area contributed by atoms with Gasteiger partial charge in [0.05, 0.1) is 0 Å². The van der Waals surface area contributed by atoms with Crippen LogP contribution in [0.5, 0.6) is 0 Å². The fourth-order valence-corrected chi connectivity index (χ4v) is 3.32. The fourth-order valence-electron chi connectivity index (χ4n) is 2.83. The lowest BCUT2D eigenvalue weighted by Gasteiger charge is -2.19. The molecule has 0 aliphatic heterocycles. The minimum absolute atomic E-state index is 0.0962. The molecular formula is C24H30BrN3O4. The maximum absolute atomic E-state index is 12.4. The first kappa shape index (κ1) is 25.4. The number of amides is 3. The Bertz CT molecular complexity index is 941. The first-order valence-electron chi connectivity index (χ1n) is 10.5. The summed E-state index contributed by atoms with van der Waals surface area (Å²) in [6, 6.07) is 15.2. The SMILES string of the molecule is CC(C)(C)OC(=O)NCCC(=O)NCc1ccccc1NC(=O)CCc1ccccc1Br. The largest absolute Gasteiger partial charge is 0.444 e. The number of rotatable bonds is 9. The number of aryl methyl sites for hydroxylation is 1. The molecule has 0 unspecified atom stereocenters. The van der Waals surface area contributed by atoms with E-state index in [0.717, 1.165) is 15.6 Å². The van der Waals surface area contributed by atoms with Crippen molar-refractivity contribution < 1.29 is 19.1 Å². The molecule has 0 aliphatic carbocycles. The lowest BCUT2D eigenvalue weighted by molar-refractivity contribution is -0.121. The summed E-state index contributed by atoms with van der Waals surface area (Å²) < 4.78 is 6.11. The number of carbonyl (C=O) groups is 3. The molecule has 0 bridgehead atoms. The summed E-state index contributed by atoms with van der Waals surface area (Å²) in [5, 5.41) is 8.29. The van der Waals surface area contributed by atoms with E-state index in [4.69, 9.17) is 4.74 Å². The molecule has 0 fully saturated rings. The third kappa shape index (κ3) is 9.51. The molecule has 0 spiro atoms. The third-order valence-electron chi connectivity index (χ3n) is 4.37. The van der Waals surface area contributed by atoms with E-state index in [-0.39, 0.29) is 31.3 Å². The fraction of sp³-hybridized carbons (Fsp3) is 0.375. The quantitative estimate of drug-likeness (QED) is 0.467. The summed E-state index contributed by atoms with van der Waals surface area (Å²) in [7, 11) is 0. The summed E-state index contributed by atoms with van der Waals surface area (Å²) in [5.74, 6) is -0.308. The zero-order valence-corrected chi connectivity index (χ0v) is 20.3. The van der Waals surface area contributed by atoms with Crippen molar-refractivity contribution in [3.05, 3.63) is 64.1 Å². The van der Waals surface area contributed by atoms with Crippen molar-refractivity contribution in [2.75, 3.05) is 11.9 Å². The summed E-state index contributed by atoms with van der Waals surface area (Å²) in [6.07, 6.45) is 0.539. The predicted octanol–water partition coefficient (Wildman–Crippen LogP) is 4.55. The number of ether oxygens (including phenoxy) is 1. The van der Waals surface area contributed by atoms with Crippen molar-refractivity contribution >= 4 is 39.5 Å². The molecule has 3 amide bonds. The smallest absolute Gasteiger partial charge is 0.407 e. The van der Waals surface area contributed by atoms with Crippen LogP contribution in [0.2, 0.25) is 0 Å². The Labute approximate surface area is 197 Å². The number of carbonyl (C=O) groups excluding carboxylic acids is 3. The van der Waals surface area contributed by atoms with Crippen LogP contribution >= 0.6 is 15.9 Å². The van der Waals surface area contributed by atoms with Crippen molar-refractivity contribution in [3.63, 3.8) is 0 Å². The van der Waals surface area contributed by atoms with Crippen LogP contribution in [0.1, 0.15) is 44.7 Å². The van der Waals surface area contributed by atoms with Gasteiger partial charge < -0.3 is 20.7 Å². The van der Waals surface area contributed by atoms with Gasteiger partial charge in [-0.3, -0.25) is 9.59 Å². The van der Waals surface area contributed by atoms with Crippen molar-refractivity contribution in [2.24, 2.45) is 0 Å². The molecule has 0 atom stereocenters. The Morgan fingerprint density at radius 3 is 2.22 bits per heavy atom. The zero-order chi connectivity index (χ0) is 23.6. The van der Waals surface area contributed by atoms with Gasteiger partial charge in [-0.05, 0) is 50.5 Å². The minimum atomic E-state index is -0.585. The highest BCUT2D eigenvalue weighted by Crippen LogP contribution is 2.19. The van der Waals surface area contributed by atoms with Gasteiger partial charge in [-0.25, -0.2) is 4.79 Å². The van der Waals surface area contributed by atoms with Crippen LogP contribution in [-0.2, 0) is 27.3 Å². The van der Waals surface area contributed by atoms with E-state index in [1.54, 1.807) is 20.8 Å². The van der Waals surface area contributed by atoms with E-state index in [1.165, 1.54) is 0 Å². The van der Waals surface area contributed by atoms with Crippen molar-refractivity contribution in [1.29, 1.82) is 0 Å². The molecule has 7 nitrogen and oxygen atoms in total. The van der Waals surface area contributed by atoms with Crippen molar-refractivity contribution in [1.82, 2.24) is 10.6 Å². The van der Waals surface area contributed by atoms with Gasteiger partial charge in [0.2, 0.25) is 11.8 Å². The molecule has 2 aromatic carbocycles. The predicted molar refractivity (Wildman–Crippen MR) is 128 cm³/mol. The molecule has 32 heavy (non-hydrogen) atoms. The van der Waals surface area contributed by atoms with Gasteiger partial charge in [0.1, 0.15) is 5.60 Å². The average Bonchev–Trinajstić information content (AvgIpc) is 2.71. The second-order valence-electron chi connectivity index (χ2n) is 8.25. The standard InChI is InChI=1S/C24H30BrN3O4/c1-24(2,3)32-23(31)26-15-14-21(29)27-16-18-9-5-7-11-20(18)28-22(30)13-12-17-8-4-6-10-19(17)25/h4-11H,12-16H2,1-3H3,(H,26,31)(H,27,29)(H,28,30). The average molecular weight is 504 g/mol. The number of halogens is 1. The molecule has 0 saturated carbocycles. The molecule has 8 heteroatoms. The summed E-state index contributed by atoms with van der Waals surface area (Å²) in [5.41, 5.74) is 1.95. The van der Waals surface area contributed by atoms with Crippen LogP contribution in [0.25, 0.3) is 0 Å². The van der Waals surface area contributed by atoms with Crippen LogP contribution in [-0.4, -0.2) is 30.1 Å². The van der Waals surface area contributed by atoms with Crippen LogP contribution in [0.4, 0.5) is 10.5 Å². The second-order valence-corrected chi connectivity index (χ2v) is 9.11. The van der Waals surface area contributed by atoms with Crippen LogP contribution < -0.4 is 16.0 Å². The van der Waals surface area contributed by atoms with Crippen molar-refractivity contribution in [2.45, 2.75) is 52.2 Å². The Balaban J connectivity index is 1.79. The monoisotopic (exact) mass is 503 g/mol. The van der Waals surface area contributed by atoms with Gasteiger partial charge in [-0.15, -0.1) is 0 Å². The van der Waals surface area contributed by atoms with Gasteiger partial charge in [0.15, 0.2) is 0 Å². The molecule has 2 rings (SSSR count). The van der Waals surface area contributed by atoms with E-state index in [0.29, 0.717) is 18.5 Å². The topological polar surface area (TPSA) is 96.5 Å². The van der Waals surface area contributed by atoms with Gasteiger partial charge in [-0.2, -0.15) is 0 Å². The van der Waals surface area contributed by atoms with Crippen LogP contribution in [0, 0.1) is 0 Å². The number of hydrogen-bond acceptors (Lipinski definition) is 4. The van der Waals surface area contributed by atoms with Crippen LogP contribution in [0.3, 0.4) is 0 Å². The lowest BCUT2D eigenvalue weighted by atomic mass is 10.1. The molecule has 3 N–H and O–H groups in total. The van der Waals surface area contributed by atoms with Crippen LogP contribution in [0.15, 0.2) is 53.0 Å². The molecule has 0 heterocycles. The van der Waals surface area contributed by atoms with Gasteiger partial charge in [0.25, 0.3) is 0 Å². The lowest BCUT2D eigenvalue weighted by Crippen LogP contribution is -2.35. The highest BCUT2D eigenvalue weighted by Gasteiger charge is 2.16. The van der Waals surface area contributed by atoms with E-state index in [9.17, 15) is 14.4 Å². The van der Waals surface area contributed by atoms with E-state index >= 15 is 0 Å². The Kier molecular flexibility index (Phi) is 9.71. The normalized spacial score (nSPS) is 10.9. The first-order valence-corrected chi connectivity index (χ1v) is 11.3. The molecule has 0 saturated heterocycles. The Morgan fingerprint density at radius 2 is 1.53 bits per heavy atom. The highest BCUT2D eigenvalue weighted by atomic mass is 79.9. The van der Waals surface area contributed by atoms with Gasteiger partial charge in [0, 0.05) is 36.1 Å². The molecule has 2 aromatic rings. The number of hydrogen-bond donors (Lipinski definition) is 3. The molecule has 0 radical (unpaired) electrons. The maximum Gasteiger partial charge on any atom is 0.407 e. The number of alkyl carbamates (subject to hydrolysis) is 1. The van der Waals surface area contributed by atoms with E-state index < -0.39 is 11.7 Å². The zero-order valence-electron chi connectivity index (χ0n) is 18.7. The molecule has 0 aromatic heterocycles. The molecule has 172 valence electrons. The summed E-state index contributed by atoms with van der Waals surface area (Å²) in [4.78, 5) is 36.2. The Hall–Kier alpha value is -2.87. The molecular weight excluding hydrogens is 474 g/mol. The summed E-state index contributed by atoms with van der Waals surface area (Å²) in [6.45, 7) is 5.77. The third-order valence-corrected chi connectivity index (χ3v) is 5.14. The van der Waals surface area contributed by atoms with Gasteiger partial charge in [-0.1, -0.05) is 52.3 Å². The van der Waals surface area contributed by atoms with Crippen molar-refractivity contribution in [3.8, 4) is 0 Å². The van der Waals surface area contributed by atoms with Gasteiger partial charge >= 0.3 is 6.09 Å². The second kappa shape index (κ2) is 12.2. The maximum atomic E-state index is 12.4. The van der Waals surface area contributed by atoms with E-state index in [2.05, 4.69) is 31.9 Å². The number of anilines is 1. The summed E-state index contributed by atoms with van der Waals surface area (Å²) >= 11 is 3.50. The first-order chi connectivity index (χ1) is 15.1. The Morgan fingerprint density at radius 1 is 0.875 bits per heavy atom. The number of para-hydroxylation sites is 1. The minimum Gasteiger partial charge on any atom is -0.444 e.